The second-order valence-electron chi connectivity index (χ2n) is 10.5. The number of aliphatic carboxylic acids is 1. The lowest BCUT2D eigenvalue weighted by molar-refractivity contribution is -0.160. The van der Waals surface area contributed by atoms with Crippen LogP contribution in [-0.4, -0.2) is 34.4 Å². The number of rotatable bonds is 6. The van der Waals surface area contributed by atoms with Gasteiger partial charge in [0.2, 0.25) is 0 Å². The first-order valence-corrected chi connectivity index (χ1v) is 11.5. The van der Waals surface area contributed by atoms with E-state index in [4.69, 9.17) is 4.74 Å². The predicted octanol–water partition coefficient (Wildman–Crippen LogP) is 4.60. The lowest BCUT2D eigenvalue weighted by Crippen LogP contribution is -2.44. The van der Waals surface area contributed by atoms with Crippen LogP contribution in [0.1, 0.15) is 66.7 Å². The zero-order valence-corrected chi connectivity index (χ0v) is 19.0. The van der Waals surface area contributed by atoms with Crippen molar-refractivity contribution in [3.05, 3.63) is 23.8 Å². The Morgan fingerprint density at radius 3 is 2.60 bits per heavy atom. The number of carbonyl (C=O) groups excluding carboxylic acids is 1. The maximum atomic E-state index is 12.0. The summed E-state index contributed by atoms with van der Waals surface area (Å²) in [4.78, 5) is 23.7. The lowest BCUT2D eigenvalue weighted by Gasteiger charge is -2.48. The average Bonchev–Trinajstić information content (AvgIpc) is 2.65. The van der Waals surface area contributed by atoms with Gasteiger partial charge in [0, 0.05) is 6.42 Å². The summed E-state index contributed by atoms with van der Waals surface area (Å²) in [5.74, 6) is 0.802. The summed E-state index contributed by atoms with van der Waals surface area (Å²) >= 11 is 0. The molecule has 0 bridgehead atoms. The fourth-order valence-corrected chi connectivity index (χ4v) is 5.90. The second-order valence-corrected chi connectivity index (χ2v) is 10.5. The number of aliphatic hydroxyl groups is 1. The molecular formula is C25H38O5. The topological polar surface area (TPSA) is 83.8 Å². The van der Waals surface area contributed by atoms with E-state index in [0.29, 0.717) is 36.0 Å². The van der Waals surface area contributed by atoms with E-state index < -0.39 is 17.5 Å². The summed E-state index contributed by atoms with van der Waals surface area (Å²) in [6, 6.07) is 0. The maximum absolute atomic E-state index is 12.0. The zero-order chi connectivity index (χ0) is 22.2. The first-order chi connectivity index (χ1) is 14.0. The molecule has 3 rings (SSSR count). The van der Waals surface area contributed by atoms with Gasteiger partial charge in [-0.1, -0.05) is 39.0 Å². The van der Waals surface area contributed by atoms with Crippen LogP contribution in [0.5, 0.6) is 0 Å². The van der Waals surface area contributed by atoms with Crippen LogP contribution in [0.2, 0.25) is 0 Å². The Morgan fingerprint density at radius 1 is 1.27 bits per heavy atom. The number of hydrogen-bond donors (Lipinski definition) is 2. The van der Waals surface area contributed by atoms with Crippen molar-refractivity contribution in [2.75, 3.05) is 0 Å². The van der Waals surface area contributed by atoms with Gasteiger partial charge in [-0.25, -0.2) is 0 Å². The van der Waals surface area contributed by atoms with E-state index in [2.05, 4.69) is 39.0 Å². The Morgan fingerprint density at radius 2 is 1.97 bits per heavy atom. The van der Waals surface area contributed by atoms with E-state index in [-0.39, 0.29) is 24.4 Å². The second kappa shape index (κ2) is 8.86. The van der Waals surface area contributed by atoms with Gasteiger partial charge in [0.25, 0.3) is 0 Å². The number of carboxylic acids is 1. The van der Waals surface area contributed by atoms with Gasteiger partial charge in [-0.15, -0.1) is 0 Å². The predicted molar refractivity (Wildman–Crippen MR) is 116 cm³/mol. The Balaban J connectivity index is 1.83. The van der Waals surface area contributed by atoms with Crippen LogP contribution in [0, 0.1) is 40.9 Å². The molecule has 1 saturated heterocycles. The molecule has 2 N–H and O–H groups in total. The van der Waals surface area contributed by atoms with E-state index in [1.165, 1.54) is 5.57 Å². The minimum absolute atomic E-state index is 0.0432. The summed E-state index contributed by atoms with van der Waals surface area (Å²) in [5, 5.41) is 19.8. The fraction of sp³-hybridized carbons (Fsp3) is 0.760. The number of fused-ring (bicyclic) bond motifs is 1. The van der Waals surface area contributed by atoms with Gasteiger partial charge in [0.15, 0.2) is 0 Å². The van der Waals surface area contributed by atoms with Crippen molar-refractivity contribution >= 4 is 11.9 Å². The molecule has 1 fully saturated rings. The smallest absolute Gasteiger partial charge is 0.309 e. The third-order valence-electron chi connectivity index (χ3n) is 8.09. The number of cyclic esters (lactones) is 1. The van der Waals surface area contributed by atoms with E-state index in [1.54, 1.807) is 0 Å². The number of esters is 1. The minimum atomic E-state index is -0.787. The molecule has 30 heavy (non-hydrogen) atoms. The Hall–Kier alpha value is -1.62. The van der Waals surface area contributed by atoms with Crippen LogP contribution in [0.4, 0.5) is 0 Å². The van der Waals surface area contributed by atoms with Crippen LogP contribution in [0.3, 0.4) is 0 Å². The number of ether oxygens (including phenoxy) is 1. The van der Waals surface area contributed by atoms with Crippen molar-refractivity contribution in [2.24, 2.45) is 40.9 Å². The molecule has 0 spiro atoms. The number of carboxylic acid groups (broad SMARTS) is 1. The van der Waals surface area contributed by atoms with Crippen molar-refractivity contribution in [1.82, 2.24) is 0 Å². The Kier molecular flexibility index (Phi) is 6.81. The molecule has 1 heterocycles. The van der Waals surface area contributed by atoms with E-state index in [1.807, 2.05) is 13.8 Å². The Bertz CT molecular complexity index is 721. The highest BCUT2D eigenvalue weighted by Gasteiger charge is 2.47. The van der Waals surface area contributed by atoms with Gasteiger partial charge in [-0.05, 0) is 74.2 Å². The lowest BCUT2D eigenvalue weighted by atomic mass is 9.56. The molecule has 5 nitrogen and oxygen atoms in total. The highest BCUT2D eigenvalue weighted by molar-refractivity contribution is 5.74. The average molecular weight is 419 g/mol. The van der Waals surface area contributed by atoms with Crippen molar-refractivity contribution < 1.29 is 24.5 Å². The molecular weight excluding hydrogens is 380 g/mol. The summed E-state index contributed by atoms with van der Waals surface area (Å²) in [5.41, 5.74) is 0.556. The number of hydrogen-bond acceptors (Lipinski definition) is 4. The molecule has 0 radical (unpaired) electrons. The summed E-state index contributed by atoms with van der Waals surface area (Å²) in [6.45, 7) is 10.3. The van der Waals surface area contributed by atoms with Crippen molar-refractivity contribution in [3.8, 4) is 0 Å². The highest BCUT2D eigenvalue weighted by atomic mass is 16.5. The van der Waals surface area contributed by atoms with Gasteiger partial charge in [-0.3, -0.25) is 9.59 Å². The molecule has 0 aromatic rings. The van der Waals surface area contributed by atoms with Gasteiger partial charge in [-0.2, -0.15) is 0 Å². The van der Waals surface area contributed by atoms with Gasteiger partial charge in [0.05, 0.1) is 17.9 Å². The quantitative estimate of drug-likeness (QED) is 0.616. The molecule has 3 aliphatic rings. The number of allylic oxidation sites excluding steroid dienone is 4. The van der Waals surface area contributed by atoms with Crippen LogP contribution in [0.25, 0.3) is 0 Å². The standard InChI is InChI=1S/C25H38O5/c1-14-10-17-7-6-15(2)20(9-8-19-12-18(26)13-22(27)30-19)23(17)21(11-14)16(3)25(4,5)24(28)29/h6-7,10,14-16,18-21,23,26H,8-9,11-13H2,1-5H3,(H,28,29)/t14?,15-,16+,18+,19?,20-,21-,23+/m0/s1. The number of carbonyl (C=O) groups is 2. The summed E-state index contributed by atoms with van der Waals surface area (Å²) < 4.78 is 5.49. The summed E-state index contributed by atoms with van der Waals surface area (Å²) in [6.07, 6.45) is 9.32. The molecule has 0 aromatic heterocycles. The van der Waals surface area contributed by atoms with Gasteiger partial charge >= 0.3 is 11.9 Å². The van der Waals surface area contributed by atoms with Crippen LogP contribution < -0.4 is 0 Å². The van der Waals surface area contributed by atoms with Gasteiger partial charge in [0.1, 0.15) is 6.10 Å². The monoisotopic (exact) mass is 418 g/mol. The third-order valence-corrected chi connectivity index (χ3v) is 8.09. The molecule has 168 valence electrons. The first-order valence-electron chi connectivity index (χ1n) is 11.5. The molecule has 2 unspecified atom stereocenters. The van der Waals surface area contributed by atoms with E-state index in [0.717, 1.165) is 19.3 Å². The van der Waals surface area contributed by atoms with Crippen molar-refractivity contribution in [3.63, 3.8) is 0 Å². The molecule has 0 aromatic carbocycles. The number of aliphatic hydroxyl groups excluding tert-OH is 1. The van der Waals surface area contributed by atoms with Crippen molar-refractivity contribution in [1.29, 1.82) is 0 Å². The Labute approximate surface area is 180 Å². The van der Waals surface area contributed by atoms with Crippen LogP contribution in [-0.2, 0) is 14.3 Å². The molecule has 5 heteroatoms. The van der Waals surface area contributed by atoms with Crippen LogP contribution >= 0.6 is 0 Å². The minimum Gasteiger partial charge on any atom is -0.481 e. The van der Waals surface area contributed by atoms with E-state index >= 15 is 0 Å². The molecule has 0 amide bonds. The molecule has 0 saturated carbocycles. The van der Waals surface area contributed by atoms with E-state index in [9.17, 15) is 19.8 Å². The van der Waals surface area contributed by atoms with Gasteiger partial charge < -0.3 is 14.9 Å². The fourth-order valence-electron chi connectivity index (χ4n) is 5.90. The molecule has 1 aliphatic heterocycles. The largest absolute Gasteiger partial charge is 0.481 e. The zero-order valence-electron chi connectivity index (χ0n) is 19.0. The van der Waals surface area contributed by atoms with Crippen LogP contribution in [0.15, 0.2) is 23.8 Å². The molecule has 2 aliphatic carbocycles. The normalized spacial score (nSPS) is 37.7. The summed E-state index contributed by atoms with van der Waals surface area (Å²) in [7, 11) is 0. The third kappa shape index (κ3) is 4.66. The van der Waals surface area contributed by atoms with Crippen molar-refractivity contribution in [2.45, 2.75) is 78.9 Å². The highest BCUT2D eigenvalue weighted by Crippen LogP contribution is 2.52. The maximum Gasteiger partial charge on any atom is 0.309 e. The molecule has 8 atom stereocenters. The SMILES string of the molecule is CC1C=C2C=C[C@H](C)[C@H](CCC3C[C@@H](O)CC(=O)O3)[C@@H]2[C@H]([C@@H](C)C(C)(C)C(=O)O)C1. The first kappa shape index (κ1) is 23.1.